The van der Waals surface area contributed by atoms with Crippen molar-refractivity contribution < 1.29 is 4.74 Å². The SMILES string of the molecule is CC.COc1cncc(-c2cccc(C)c2)c1. The molecule has 0 spiro atoms. The van der Waals surface area contributed by atoms with Gasteiger partial charge in [0.25, 0.3) is 0 Å². The first kappa shape index (κ1) is 13.2. The second kappa shape index (κ2) is 6.69. The molecule has 0 aliphatic heterocycles. The normalized spacial score (nSPS) is 9.18. The smallest absolute Gasteiger partial charge is 0.137 e. The van der Waals surface area contributed by atoms with E-state index in [1.165, 1.54) is 11.1 Å². The predicted molar refractivity (Wildman–Crippen MR) is 72.3 cm³/mol. The highest BCUT2D eigenvalue weighted by molar-refractivity contribution is 5.64. The van der Waals surface area contributed by atoms with E-state index in [0.717, 1.165) is 11.3 Å². The lowest BCUT2D eigenvalue weighted by Crippen LogP contribution is -1.86. The Morgan fingerprint density at radius 2 is 1.76 bits per heavy atom. The third kappa shape index (κ3) is 3.59. The molecule has 2 rings (SSSR count). The van der Waals surface area contributed by atoms with Crippen LogP contribution in [0, 0.1) is 6.92 Å². The highest BCUT2D eigenvalue weighted by atomic mass is 16.5. The molecule has 0 amide bonds. The fourth-order valence-electron chi connectivity index (χ4n) is 1.51. The zero-order chi connectivity index (χ0) is 12.7. The Kier molecular flexibility index (Phi) is 5.21. The van der Waals surface area contributed by atoms with Gasteiger partial charge in [0.15, 0.2) is 0 Å². The number of rotatable bonds is 2. The number of hydrogen-bond donors (Lipinski definition) is 0. The van der Waals surface area contributed by atoms with E-state index in [0.29, 0.717) is 0 Å². The number of hydrogen-bond acceptors (Lipinski definition) is 2. The van der Waals surface area contributed by atoms with Gasteiger partial charge in [-0.2, -0.15) is 0 Å². The summed E-state index contributed by atoms with van der Waals surface area (Å²) < 4.78 is 5.14. The topological polar surface area (TPSA) is 22.1 Å². The summed E-state index contributed by atoms with van der Waals surface area (Å²) >= 11 is 0. The molecule has 0 saturated heterocycles. The van der Waals surface area contributed by atoms with Crippen molar-refractivity contribution in [3.8, 4) is 16.9 Å². The van der Waals surface area contributed by atoms with Gasteiger partial charge in [-0.1, -0.05) is 43.7 Å². The minimum atomic E-state index is 0.786. The summed E-state index contributed by atoms with van der Waals surface area (Å²) in [6, 6.07) is 10.3. The molecule has 0 radical (unpaired) electrons. The van der Waals surface area contributed by atoms with Gasteiger partial charge in [0.2, 0.25) is 0 Å². The van der Waals surface area contributed by atoms with Gasteiger partial charge in [0.05, 0.1) is 13.3 Å². The number of methoxy groups -OCH3 is 1. The molecular weight excluding hydrogens is 210 g/mol. The van der Waals surface area contributed by atoms with Crippen LogP contribution in [0.1, 0.15) is 19.4 Å². The minimum absolute atomic E-state index is 0.786. The number of pyridine rings is 1. The molecule has 0 saturated carbocycles. The van der Waals surface area contributed by atoms with Gasteiger partial charge in [-0.25, -0.2) is 0 Å². The predicted octanol–water partition coefficient (Wildman–Crippen LogP) is 4.09. The fraction of sp³-hybridized carbons (Fsp3) is 0.267. The van der Waals surface area contributed by atoms with Crippen LogP contribution in [0.2, 0.25) is 0 Å². The highest BCUT2D eigenvalue weighted by Gasteiger charge is 1.99. The van der Waals surface area contributed by atoms with Crippen molar-refractivity contribution >= 4 is 0 Å². The van der Waals surface area contributed by atoms with Gasteiger partial charge in [0, 0.05) is 11.8 Å². The summed E-state index contributed by atoms with van der Waals surface area (Å²) in [6.07, 6.45) is 3.55. The van der Waals surface area contributed by atoms with E-state index in [9.17, 15) is 0 Å². The maximum absolute atomic E-state index is 5.14. The average Bonchev–Trinajstić information content (AvgIpc) is 2.41. The molecule has 1 aromatic heterocycles. The van der Waals surface area contributed by atoms with Gasteiger partial charge in [-0.05, 0) is 18.6 Å². The van der Waals surface area contributed by atoms with Crippen LogP contribution in [-0.2, 0) is 0 Å². The zero-order valence-electron chi connectivity index (χ0n) is 10.9. The van der Waals surface area contributed by atoms with Crippen LogP contribution in [-0.4, -0.2) is 12.1 Å². The van der Waals surface area contributed by atoms with Gasteiger partial charge in [-0.15, -0.1) is 0 Å². The molecule has 0 aliphatic carbocycles. The average molecular weight is 229 g/mol. The summed E-state index contributed by atoms with van der Waals surface area (Å²) in [6.45, 7) is 6.08. The molecule has 17 heavy (non-hydrogen) atoms. The minimum Gasteiger partial charge on any atom is -0.495 e. The van der Waals surface area contributed by atoms with E-state index in [1.807, 2.05) is 32.2 Å². The number of benzene rings is 1. The molecule has 90 valence electrons. The number of aromatic nitrogens is 1. The van der Waals surface area contributed by atoms with Crippen LogP contribution in [0.4, 0.5) is 0 Å². The van der Waals surface area contributed by atoms with Crippen LogP contribution in [0.5, 0.6) is 5.75 Å². The summed E-state index contributed by atoms with van der Waals surface area (Å²) in [7, 11) is 1.65. The number of ether oxygens (including phenoxy) is 1. The van der Waals surface area contributed by atoms with Crippen LogP contribution in [0.3, 0.4) is 0 Å². The molecule has 0 atom stereocenters. The van der Waals surface area contributed by atoms with E-state index in [2.05, 4.69) is 30.1 Å². The van der Waals surface area contributed by atoms with Crippen LogP contribution in [0.25, 0.3) is 11.1 Å². The van der Waals surface area contributed by atoms with Gasteiger partial charge in [0.1, 0.15) is 5.75 Å². The van der Waals surface area contributed by atoms with Crippen molar-refractivity contribution in [1.82, 2.24) is 4.98 Å². The van der Waals surface area contributed by atoms with Gasteiger partial charge >= 0.3 is 0 Å². The Hall–Kier alpha value is -1.83. The quantitative estimate of drug-likeness (QED) is 0.773. The third-order valence-electron chi connectivity index (χ3n) is 2.30. The van der Waals surface area contributed by atoms with Crippen molar-refractivity contribution in [2.75, 3.05) is 7.11 Å². The van der Waals surface area contributed by atoms with Crippen LogP contribution in [0.15, 0.2) is 42.7 Å². The number of aryl methyl sites for hydroxylation is 1. The third-order valence-corrected chi connectivity index (χ3v) is 2.30. The largest absolute Gasteiger partial charge is 0.495 e. The molecule has 0 unspecified atom stereocenters. The Balaban J connectivity index is 0.000000686. The lowest BCUT2D eigenvalue weighted by atomic mass is 10.1. The first-order chi connectivity index (χ1) is 8.29. The molecule has 1 aromatic carbocycles. The van der Waals surface area contributed by atoms with E-state index in [4.69, 9.17) is 4.74 Å². The first-order valence-electron chi connectivity index (χ1n) is 5.85. The van der Waals surface area contributed by atoms with E-state index in [1.54, 1.807) is 13.3 Å². The maximum Gasteiger partial charge on any atom is 0.137 e. The second-order valence-electron chi connectivity index (χ2n) is 3.48. The van der Waals surface area contributed by atoms with Gasteiger partial charge in [-0.3, -0.25) is 4.98 Å². The molecular formula is C15H19NO. The lowest BCUT2D eigenvalue weighted by Gasteiger charge is -2.04. The van der Waals surface area contributed by atoms with E-state index >= 15 is 0 Å². The van der Waals surface area contributed by atoms with E-state index in [-0.39, 0.29) is 0 Å². The first-order valence-corrected chi connectivity index (χ1v) is 5.85. The summed E-state index contributed by atoms with van der Waals surface area (Å²) in [5.74, 6) is 0.786. The standard InChI is InChI=1S/C13H13NO.C2H6/c1-10-4-3-5-11(6-10)12-7-13(15-2)9-14-8-12;1-2/h3-9H,1-2H3;1-2H3. The molecule has 0 fully saturated rings. The molecule has 2 heteroatoms. The molecule has 2 nitrogen and oxygen atoms in total. The summed E-state index contributed by atoms with van der Waals surface area (Å²) in [5, 5.41) is 0. The fourth-order valence-corrected chi connectivity index (χ4v) is 1.51. The van der Waals surface area contributed by atoms with E-state index < -0.39 is 0 Å². The number of nitrogens with zero attached hydrogens (tertiary/aromatic N) is 1. The molecule has 0 N–H and O–H groups in total. The Bertz CT molecular complexity index is 466. The van der Waals surface area contributed by atoms with Crippen LogP contribution < -0.4 is 4.74 Å². The van der Waals surface area contributed by atoms with Crippen molar-refractivity contribution in [1.29, 1.82) is 0 Å². The van der Waals surface area contributed by atoms with Crippen molar-refractivity contribution in [3.63, 3.8) is 0 Å². The Morgan fingerprint density at radius 3 is 2.41 bits per heavy atom. The van der Waals surface area contributed by atoms with Crippen molar-refractivity contribution in [2.24, 2.45) is 0 Å². The van der Waals surface area contributed by atoms with Crippen LogP contribution >= 0.6 is 0 Å². The summed E-state index contributed by atoms with van der Waals surface area (Å²) in [5.41, 5.74) is 3.50. The lowest BCUT2D eigenvalue weighted by molar-refractivity contribution is 0.413. The zero-order valence-corrected chi connectivity index (χ0v) is 10.9. The Labute approximate surface area is 103 Å². The molecule has 2 aromatic rings. The Morgan fingerprint density at radius 1 is 1.00 bits per heavy atom. The van der Waals surface area contributed by atoms with Crippen molar-refractivity contribution in [2.45, 2.75) is 20.8 Å². The second-order valence-corrected chi connectivity index (χ2v) is 3.48. The summed E-state index contributed by atoms with van der Waals surface area (Å²) in [4.78, 5) is 4.14. The molecule has 1 heterocycles. The highest BCUT2D eigenvalue weighted by Crippen LogP contribution is 2.22. The van der Waals surface area contributed by atoms with Crippen molar-refractivity contribution in [3.05, 3.63) is 48.3 Å². The monoisotopic (exact) mass is 229 g/mol. The molecule has 0 aliphatic rings. The molecule has 0 bridgehead atoms. The van der Waals surface area contributed by atoms with Gasteiger partial charge < -0.3 is 4.74 Å². The maximum atomic E-state index is 5.14.